The first-order valence-corrected chi connectivity index (χ1v) is 16.5. The summed E-state index contributed by atoms with van der Waals surface area (Å²) >= 11 is 6.44. The van der Waals surface area contributed by atoms with Crippen LogP contribution in [0.3, 0.4) is 0 Å². The number of nitrogens with zero attached hydrogens (tertiary/aromatic N) is 2. The lowest BCUT2D eigenvalue weighted by Crippen LogP contribution is -2.53. The standard InChI is InChI=1S/C35H38ClN3O5S/c1-4-21-37-35(41)33(23-27-13-7-5-8-14-27)38(24-28-15-11-16-29(22-28)44-3)34(40)25-39(32-20-12-19-31(36)26(32)2)45(42,43)30-17-9-6-10-18-30/h5-20,22,33H,4,21,23-25H2,1-3H3,(H,37,41)/t33-/m1/s1. The monoisotopic (exact) mass is 647 g/mol. The molecule has 236 valence electrons. The maximum absolute atomic E-state index is 14.5. The molecular weight excluding hydrogens is 610 g/mol. The van der Waals surface area contributed by atoms with Gasteiger partial charge in [-0.1, -0.05) is 85.3 Å². The summed E-state index contributed by atoms with van der Waals surface area (Å²) in [5, 5.41) is 3.31. The van der Waals surface area contributed by atoms with E-state index in [0.717, 1.165) is 15.4 Å². The first kappa shape index (κ1) is 33.6. The molecule has 1 atom stereocenters. The molecule has 8 nitrogen and oxygen atoms in total. The molecular formula is C35H38ClN3O5S. The molecule has 4 aromatic rings. The van der Waals surface area contributed by atoms with E-state index in [-0.39, 0.29) is 29.5 Å². The number of ether oxygens (including phenoxy) is 1. The van der Waals surface area contributed by atoms with Gasteiger partial charge in [0, 0.05) is 24.5 Å². The highest BCUT2D eigenvalue weighted by molar-refractivity contribution is 7.92. The zero-order valence-corrected chi connectivity index (χ0v) is 27.2. The van der Waals surface area contributed by atoms with Gasteiger partial charge in [-0.05, 0) is 66.4 Å². The van der Waals surface area contributed by atoms with Crippen molar-refractivity contribution in [2.75, 3.05) is 24.5 Å². The number of halogens is 1. The maximum atomic E-state index is 14.5. The lowest BCUT2D eigenvalue weighted by atomic mass is 10.0. The summed E-state index contributed by atoms with van der Waals surface area (Å²) in [5.41, 5.74) is 2.36. The van der Waals surface area contributed by atoms with Crippen LogP contribution in [-0.4, -0.2) is 51.4 Å². The Kier molecular flexibility index (Phi) is 11.6. The van der Waals surface area contributed by atoms with Crippen molar-refractivity contribution in [3.63, 3.8) is 0 Å². The van der Waals surface area contributed by atoms with Crippen molar-refractivity contribution in [3.8, 4) is 5.75 Å². The largest absolute Gasteiger partial charge is 0.497 e. The Morgan fingerprint density at radius 2 is 1.53 bits per heavy atom. The normalized spacial score (nSPS) is 11.8. The molecule has 0 saturated heterocycles. The third kappa shape index (κ3) is 8.44. The van der Waals surface area contributed by atoms with Gasteiger partial charge in [-0.25, -0.2) is 8.42 Å². The Hall–Kier alpha value is -4.34. The molecule has 0 unspecified atom stereocenters. The minimum absolute atomic E-state index is 0.0260. The van der Waals surface area contributed by atoms with E-state index in [1.165, 1.54) is 17.0 Å². The van der Waals surface area contributed by atoms with Crippen molar-refractivity contribution in [3.05, 3.63) is 125 Å². The van der Waals surface area contributed by atoms with Crippen LogP contribution in [0.5, 0.6) is 5.75 Å². The van der Waals surface area contributed by atoms with Crippen LogP contribution in [0.4, 0.5) is 5.69 Å². The topological polar surface area (TPSA) is 96.0 Å². The maximum Gasteiger partial charge on any atom is 0.264 e. The zero-order valence-electron chi connectivity index (χ0n) is 25.6. The van der Waals surface area contributed by atoms with Crippen molar-refractivity contribution >= 4 is 39.1 Å². The molecule has 0 aliphatic rings. The van der Waals surface area contributed by atoms with E-state index in [1.54, 1.807) is 62.6 Å². The molecule has 0 radical (unpaired) electrons. The van der Waals surface area contributed by atoms with Gasteiger partial charge in [-0.2, -0.15) is 0 Å². The van der Waals surface area contributed by atoms with Gasteiger partial charge in [0.15, 0.2) is 0 Å². The summed E-state index contributed by atoms with van der Waals surface area (Å²) in [6, 6.07) is 28.6. The average molecular weight is 648 g/mol. The molecule has 0 saturated carbocycles. The molecule has 2 amide bonds. The number of hydrogen-bond acceptors (Lipinski definition) is 5. The molecule has 10 heteroatoms. The molecule has 0 aromatic heterocycles. The van der Waals surface area contributed by atoms with E-state index < -0.39 is 28.5 Å². The average Bonchev–Trinajstić information content (AvgIpc) is 3.06. The number of rotatable bonds is 14. The van der Waals surface area contributed by atoms with E-state index in [9.17, 15) is 18.0 Å². The molecule has 0 fully saturated rings. The Bertz CT molecular complexity index is 1700. The summed E-state index contributed by atoms with van der Waals surface area (Å²) in [6.07, 6.45) is 0.943. The van der Waals surface area contributed by atoms with E-state index in [1.807, 2.05) is 49.4 Å². The van der Waals surface area contributed by atoms with Crippen molar-refractivity contribution < 1.29 is 22.7 Å². The Labute approximate surface area is 270 Å². The highest BCUT2D eigenvalue weighted by Crippen LogP contribution is 2.31. The Morgan fingerprint density at radius 3 is 2.20 bits per heavy atom. The first-order chi connectivity index (χ1) is 21.6. The number of methoxy groups -OCH3 is 1. The van der Waals surface area contributed by atoms with Crippen LogP contribution in [-0.2, 0) is 32.6 Å². The van der Waals surface area contributed by atoms with Crippen LogP contribution < -0.4 is 14.4 Å². The van der Waals surface area contributed by atoms with Crippen LogP contribution in [0.1, 0.15) is 30.0 Å². The highest BCUT2D eigenvalue weighted by atomic mass is 35.5. The van der Waals surface area contributed by atoms with E-state index in [2.05, 4.69) is 5.32 Å². The predicted octanol–water partition coefficient (Wildman–Crippen LogP) is 6.02. The smallest absolute Gasteiger partial charge is 0.264 e. The van der Waals surface area contributed by atoms with Crippen molar-refractivity contribution in [2.45, 2.75) is 44.2 Å². The lowest BCUT2D eigenvalue weighted by Gasteiger charge is -2.34. The first-order valence-electron chi connectivity index (χ1n) is 14.7. The number of amides is 2. The number of carbonyl (C=O) groups excluding carboxylic acids is 2. The summed E-state index contributed by atoms with van der Waals surface area (Å²) in [7, 11) is -2.66. The summed E-state index contributed by atoms with van der Waals surface area (Å²) < 4.78 is 34.8. The van der Waals surface area contributed by atoms with Gasteiger partial charge < -0.3 is 15.0 Å². The fraction of sp³-hybridized carbons (Fsp3) is 0.257. The number of benzene rings is 4. The Morgan fingerprint density at radius 1 is 0.889 bits per heavy atom. The second-order valence-corrected chi connectivity index (χ2v) is 12.8. The molecule has 0 spiro atoms. The van der Waals surface area contributed by atoms with Gasteiger partial charge in [0.1, 0.15) is 18.3 Å². The molecule has 45 heavy (non-hydrogen) atoms. The molecule has 0 bridgehead atoms. The minimum Gasteiger partial charge on any atom is -0.497 e. The Balaban J connectivity index is 1.83. The van der Waals surface area contributed by atoms with Crippen LogP contribution in [0.25, 0.3) is 0 Å². The van der Waals surface area contributed by atoms with Gasteiger partial charge in [0.2, 0.25) is 11.8 Å². The molecule has 4 rings (SSSR count). The number of hydrogen-bond donors (Lipinski definition) is 1. The van der Waals surface area contributed by atoms with E-state index in [0.29, 0.717) is 29.3 Å². The number of anilines is 1. The highest BCUT2D eigenvalue weighted by Gasteiger charge is 2.35. The third-order valence-corrected chi connectivity index (χ3v) is 9.61. The quantitative estimate of drug-likeness (QED) is 0.181. The lowest BCUT2D eigenvalue weighted by molar-refractivity contribution is -0.140. The van der Waals surface area contributed by atoms with Crippen LogP contribution in [0.2, 0.25) is 5.02 Å². The van der Waals surface area contributed by atoms with Gasteiger partial charge in [0.05, 0.1) is 17.7 Å². The van der Waals surface area contributed by atoms with Gasteiger partial charge in [-0.15, -0.1) is 0 Å². The van der Waals surface area contributed by atoms with Crippen molar-refractivity contribution in [2.24, 2.45) is 0 Å². The molecule has 0 heterocycles. The SMILES string of the molecule is CCCNC(=O)[C@@H](Cc1ccccc1)N(Cc1cccc(OC)c1)C(=O)CN(c1cccc(Cl)c1C)S(=O)(=O)c1ccccc1. The van der Waals surface area contributed by atoms with Crippen LogP contribution >= 0.6 is 11.6 Å². The molecule has 4 aromatic carbocycles. The molecule has 0 aliphatic carbocycles. The van der Waals surface area contributed by atoms with E-state index in [4.69, 9.17) is 16.3 Å². The zero-order chi connectivity index (χ0) is 32.4. The molecule has 0 aliphatic heterocycles. The van der Waals surface area contributed by atoms with Gasteiger partial charge >= 0.3 is 0 Å². The molecule has 1 N–H and O–H groups in total. The fourth-order valence-electron chi connectivity index (χ4n) is 4.99. The number of nitrogens with one attached hydrogen (secondary N) is 1. The summed E-state index contributed by atoms with van der Waals surface area (Å²) in [6.45, 7) is 3.57. The number of carbonyl (C=O) groups is 2. The fourth-order valence-corrected chi connectivity index (χ4v) is 6.65. The van der Waals surface area contributed by atoms with Crippen LogP contribution in [0, 0.1) is 6.92 Å². The van der Waals surface area contributed by atoms with Gasteiger partial charge in [0.25, 0.3) is 10.0 Å². The second-order valence-electron chi connectivity index (χ2n) is 10.6. The van der Waals surface area contributed by atoms with Crippen molar-refractivity contribution in [1.82, 2.24) is 10.2 Å². The third-order valence-electron chi connectivity index (χ3n) is 7.43. The second kappa shape index (κ2) is 15.6. The van der Waals surface area contributed by atoms with Crippen LogP contribution in [0.15, 0.2) is 108 Å². The van der Waals surface area contributed by atoms with Crippen molar-refractivity contribution in [1.29, 1.82) is 0 Å². The van der Waals surface area contributed by atoms with E-state index >= 15 is 0 Å². The predicted molar refractivity (Wildman–Crippen MR) is 178 cm³/mol. The summed E-state index contributed by atoms with van der Waals surface area (Å²) in [5.74, 6) is -0.282. The van der Waals surface area contributed by atoms with Gasteiger partial charge in [-0.3, -0.25) is 13.9 Å². The number of sulfonamides is 1. The minimum atomic E-state index is -4.22. The summed E-state index contributed by atoms with van der Waals surface area (Å²) in [4.78, 5) is 29.8.